The largest absolute Gasteiger partial charge is 0.388 e. The molecule has 1 heterocycles. The SMILES string of the molecule is C[C@H](c1ccccc1)n1c(CO)nc2ccccc21. The molecule has 0 spiro atoms. The standard InChI is InChI=1S/C16H16N2O/c1-12(13-7-3-2-4-8-13)18-15-10-6-5-9-14(15)17-16(18)11-19/h2-10,12,19H,11H2,1H3/t12-/m1/s1. The first kappa shape index (κ1) is 11.9. The molecule has 3 nitrogen and oxygen atoms in total. The van der Waals surface area contributed by atoms with Gasteiger partial charge in [-0.3, -0.25) is 0 Å². The fourth-order valence-electron chi connectivity index (χ4n) is 2.52. The first-order valence-corrected chi connectivity index (χ1v) is 6.43. The molecule has 3 heteroatoms. The van der Waals surface area contributed by atoms with Crippen molar-refractivity contribution in [3.63, 3.8) is 0 Å². The summed E-state index contributed by atoms with van der Waals surface area (Å²) in [6.45, 7) is 2.08. The highest BCUT2D eigenvalue weighted by Gasteiger charge is 2.16. The molecule has 0 saturated carbocycles. The van der Waals surface area contributed by atoms with Crippen molar-refractivity contribution in [2.75, 3.05) is 0 Å². The van der Waals surface area contributed by atoms with Crippen molar-refractivity contribution >= 4 is 11.0 Å². The van der Waals surface area contributed by atoms with Gasteiger partial charge < -0.3 is 9.67 Å². The summed E-state index contributed by atoms with van der Waals surface area (Å²) in [7, 11) is 0. The molecule has 1 atom stereocenters. The molecule has 1 aromatic heterocycles. The van der Waals surface area contributed by atoms with Gasteiger partial charge in [0.2, 0.25) is 0 Å². The van der Waals surface area contributed by atoms with Gasteiger partial charge in [-0.2, -0.15) is 0 Å². The molecule has 19 heavy (non-hydrogen) atoms. The monoisotopic (exact) mass is 252 g/mol. The van der Waals surface area contributed by atoms with Crippen molar-refractivity contribution in [1.29, 1.82) is 0 Å². The fourth-order valence-corrected chi connectivity index (χ4v) is 2.52. The van der Waals surface area contributed by atoms with E-state index in [4.69, 9.17) is 0 Å². The average Bonchev–Trinajstić information content (AvgIpc) is 2.86. The highest BCUT2D eigenvalue weighted by molar-refractivity contribution is 5.76. The van der Waals surface area contributed by atoms with E-state index in [2.05, 4.69) is 28.6 Å². The quantitative estimate of drug-likeness (QED) is 0.777. The Morgan fingerprint density at radius 1 is 1.05 bits per heavy atom. The Kier molecular flexibility index (Phi) is 3.05. The molecule has 0 fully saturated rings. The third-order valence-corrected chi connectivity index (χ3v) is 3.48. The van der Waals surface area contributed by atoms with E-state index in [1.807, 2.05) is 42.5 Å². The summed E-state index contributed by atoms with van der Waals surface area (Å²) < 4.78 is 2.10. The van der Waals surface area contributed by atoms with Gasteiger partial charge in [-0.1, -0.05) is 42.5 Å². The zero-order valence-electron chi connectivity index (χ0n) is 10.8. The molecule has 1 N–H and O–H groups in total. The number of imidazole rings is 1. The lowest BCUT2D eigenvalue weighted by atomic mass is 10.1. The summed E-state index contributed by atoms with van der Waals surface area (Å²) in [5, 5.41) is 9.53. The lowest BCUT2D eigenvalue weighted by Gasteiger charge is -2.17. The minimum Gasteiger partial charge on any atom is -0.388 e. The van der Waals surface area contributed by atoms with Crippen LogP contribution >= 0.6 is 0 Å². The zero-order valence-corrected chi connectivity index (χ0v) is 10.8. The van der Waals surface area contributed by atoms with E-state index in [1.165, 1.54) is 5.56 Å². The number of fused-ring (bicyclic) bond motifs is 1. The molecule has 0 radical (unpaired) electrons. The van der Waals surface area contributed by atoms with Gasteiger partial charge in [0.15, 0.2) is 0 Å². The van der Waals surface area contributed by atoms with Crippen LogP contribution in [0.15, 0.2) is 54.6 Å². The number of hydrogen-bond acceptors (Lipinski definition) is 2. The first-order valence-electron chi connectivity index (χ1n) is 6.43. The van der Waals surface area contributed by atoms with E-state index in [9.17, 15) is 5.11 Å². The zero-order chi connectivity index (χ0) is 13.2. The van der Waals surface area contributed by atoms with Crippen LogP contribution in [0.5, 0.6) is 0 Å². The molecule has 3 aromatic rings. The van der Waals surface area contributed by atoms with Crippen LogP contribution in [0.25, 0.3) is 11.0 Å². The number of para-hydroxylation sites is 2. The maximum Gasteiger partial charge on any atom is 0.136 e. The van der Waals surface area contributed by atoms with E-state index in [0.717, 1.165) is 11.0 Å². The molecule has 2 aromatic carbocycles. The van der Waals surface area contributed by atoms with Crippen molar-refractivity contribution in [3.8, 4) is 0 Å². The summed E-state index contributed by atoms with van der Waals surface area (Å²) in [4.78, 5) is 4.49. The Bertz CT molecular complexity index is 688. The average molecular weight is 252 g/mol. The molecule has 0 bridgehead atoms. The summed E-state index contributed by atoms with van der Waals surface area (Å²) >= 11 is 0. The van der Waals surface area contributed by atoms with E-state index >= 15 is 0 Å². The Hall–Kier alpha value is -2.13. The number of aromatic nitrogens is 2. The van der Waals surface area contributed by atoms with E-state index in [-0.39, 0.29) is 12.6 Å². The van der Waals surface area contributed by atoms with Crippen molar-refractivity contribution in [2.45, 2.75) is 19.6 Å². The van der Waals surface area contributed by atoms with Crippen molar-refractivity contribution < 1.29 is 5.11 Å². The van der Waals surface area contributed by atoms with Gasteiger partial charge >= 0.3 is 0 Å². The first-order chi connectivity index (χ1) is 9.31. The van der Waals surface area contributed by atoms with Gasteiger partial charge in [0.05, 0.1) is 17.1 Å². The van der Waals surface area contributed by atoms with Crippen LogP contribution in [0.2, 0.25) is 0 Å². The molecule has 3 rings (SSSR count). The van der Waals surface area contributed by atoms with Gasteiger partial charge in [-0.15, -0.1) is 0 Å². The Morgan fingerprint density at radius 3 is 2.47 bits per heavy atom. The molecule has 0 amide bonds. The van der Waals surface area contributed by atoms with Crippen LogP contribution in [0.1, 0.15) is 24.4 Å². The second kappa shape index (κ2) is 4.86. The van der Waals surface area contributed by atoms with Crippen LogP contribution in [0.3, 0.4) is 0 Å². The van der Waals surface area contributed by atoms with Crippen molar-refractivity contribution in [3.05, 3.63) is 66.0 Å². The minimum absolute atomic E-state index is 0.0497. The summed E-state index contributed by atoms with van der Waals surface area (Å²) in [6.07, 6.45) is 0. The number of aliphatic hydroxyl groups is 1. The van der Waals surface area contributed by atoms with E-state index < -0.39 is 0 Å². The van der Waals surface area contributed by atoms with E-state index in [0.29, 0.717) is 5.82 Å². The molecule has 0 aliphatic heterocycles. The number of rotatable bonds is 3. The number of hydrogen-bond donors (Lipinski definition) is 1. The minimum atomic E-state index is -0.0497. The van der Waals surface area contributed by atoms with Gasteiger partial charge in [-0.05, 0) is 24.6 Å². The predicted octanol–water partition coefficient (Wildman–Crippen LogP) is 3.14. The van der Waals surface area contributed by atoms with Crippen molar-refractivity contribution in [1.82, 2.24) is 9.55 Å². The lowest BCUT2D eigenvalue weighted by Crippen LogP contribution is -2.10. The summed E-state index contributed by atoms with van der Waals surface area (Å²) in [6, 6.07) is 18.4. The maximum atomic E-state index is 9.53. The van der Waals surface area contributed by atoms with Crippen LogP contribution in [-0.2, 0) is 6.61 Å². The number of aliphatic hydroxyl groups excluding tert-OH is 1. The third-order valence-electron chi connectivity index (χ3n) is 3.48. The smallest absolute Gasteiger partial charge is 0.136 e. The van der Waals surface area contributed by atoms with Gasteiger partial charge in [0.25, 0.3) is 0 Å². The Balaban J connectivity index is 2.18. The number of nitrogens with zero attached hydrogens (tertiary/aromatic N) is 2. The molecule has 96 valence electrons. The normalized spacial score (nSPS) is 12.7. The van der Waals surface area contributed by atoms with E-state index in [1.54, 1.807) is 0 Å². The van der Waals surface area contributed by atoms with Crippen LogP contribution < -0.4 is 0 Å². The van der Waals surface area contributed by atoms with Crippen molar-refractivity contribution in [2.24, 2.45) is 0 Å². The molecular weight excluding hydrogens is 236 g/mol. The molecule has 0 aliphatic rings. The predicted molar refractivity (Wildman–Crippen MR) is 75.9 cm³/mol. The van der Waals surface area contributed by atoms with Gasteiger partial charge in [0, 0.05) is 0 Å². The Morgan fingerprint density at radius 2 is 1.74 bits per heavy atom. The lowest BCUT2D eigenvalue weighted by molar-refractivity contribution is 0.264. The number of benzene rings is 2. The highest BCUT2D eigenvalue weighted by Crippen LogP contribution is 2.25. The molecular formula is C16H16N2O. The molecule has 0 aliphatic carbocycles. The van der Waals surface area contributed by atoms with Gasteiger partial charge in [0.1, 0.15) is 12.4 Å². The third kappa shape index (κ3) is 2.02. The highest BCUT2D eigenvalue weighted by atomic mass is 16.3. The Labute approximate surface area is 112 Å². The summed E-state index contributed by atoms with van der Waals surface area (Å²) in [5.41, 5.74) is 3.19. The molecule has 0 saturated heterocycles. The maximum absolute atomic E-state index is 9.53. The topological polar surface area (TPSA) is 38.0 Å². The van der Waals surface area contributed by atoms with Crippen LogP contribution in [-0.4, -0.2) is 14.7 Å². The summed E-state index contributed by atoms with van der Waals surface area (Å²) in [5.74, 6) is 0.706. The second-order valence-electron chi connectivity index (χ2n) is 4.63. The van der Waals surface area contributed by atoms with Gasteiger partial charge in [-0.25, -0.2) is 4.98 Å². The molecule has 0 unspecified atom stereocenters. The van der Waals surface area contributed by atoms with Crippen LogP contribution in [0.4, 0.5) is 0 Å². The second-order valence-corrected chi connectivity index (χ2v) is 4.63. The van der Waals surface area contributed by atoms with Crippen LogP contribution in [0, 0.1) is 0 Å². The fraction of sp³-hybridized carbons (Fsp3) is 0.188.